The Labute approximate surface area is 122 Å². The molecule has 0 atom stereocenters. The number of nitrogens with one attached hydrogen (secondary N) is 2. The van der Waals surface area contributed by atoms with Crippen LogP contribution in [0.2, 0.25) is 0 Å². The fourth-order valence-corrected chi connectivity index (χ4v) is 1.65. The maximum atomic E-state index is 12.9. The van der Waals surface area contributed by atoms with E-state index >= 15 is 0 Å². The minimum Gasteiger partial charge on any atom is -0.481 e. The highest BCUT2D eigenvalue weighted by Crippen LogP contribution is 2.04. The van der Waals surface area contributed by atoms with Gasteiger partial charge in [-0.1, -0.05) is 18.6 Å². The SMILES string of the molecule is O=C(O)CCCCCNC(=O)N/C=C/c1cccc(F)c1. The quantitative estimate of drug-likeness (QED) is 0.645. The molecule has 0 aliphatic heterocycles. The fourth-order valence-electron chi connectivity index (χ4n) is 1.65. The summed E-state index contributed by atoms with van der Waals surface area (Å²) in [6.07, 6.45) is 5.28. The van der Waals surface area contributed by atoms with E-state index in [9.17, 15) is 14.0 Å². The molecule has 1 rings (SSSR count). The molecule has 0 fully saturated rings. The topological polar surface area (TPSA) is 78.4 Å². The Balaban J connectivity index is 2.12. The first-order chi connectivity index (χ1) is 10.1. The summed E-state index contributed by atoms with van der Waals surface area (Å²) in [4.78, 5) is 21.7. The Morgan fingerprint density at radius 3 is 2.76 bits per heavy atom. The third kappa shape index (κ3) is 8.41. The van der Waals surface area contributed by atoms with E-state index in [0.29, 0.717) is 18.5 Å². The van der Waals surface area contributed by atoms with Crippen molar-refractivity contribution in [2.45, 2.75) is 25.7 Å². The van der Waals surface area contributed by atoms with Crippen molar-refractivity contribution in [3.8, 4) is 0 Å². The van der Waals surface area contributed by atoms with Crippen molar-refractivity contribution in [2.75, 3.05) is 6.54 Å². The first kappa shape index (κ1) is 16.7. The van der Waals surface area contributed by atoms with Crippen molar-refractivity contribution in [3.63, 3.8) is 0 Å². The van der Waals surface area contributed by atoms with Crippen LogP contribution < -0.4 is 10.6 Å². The van der Waals surface area contributed by atoms with Crippen LogP contribution in [0.1, 0.15) is 31.2 Å². The molecule has 6 heteroatoms. The molecule has 0 radical (unpaired) electrons. The van der Waals surface area contributed by atoms with Crippen molar-refractivity contribution in [2.24, 2.45) is 0 Å². The zero-order chi connectivity index (χ0) is 15.5. The first-order valence-electron chi connectivity index (χ1n) is 6.76. The number of urea groups is 1. The summed E-state index contributed by atoms with van der Waals surface area (Å²) in [5.74, 6) is -1.13. The number of hydrogen-bond donors (Lipinski definition) is 3. The summed E-state index contributed by atoms with van der Waals surface area (Å²) < 4.78 is 12.9. The molecule has 3 N–H and O–H groups in total. The molecule has 0 saturated heterocycles. The van der Waals surface area contributed by atoms with Gasteiger partial charge in [0.15, 0.2) is 0 Å². The Hall–Kier alpha value is -2.37. The van der Waals surface area contributed by atoms with Crippen LogP contribution in [0.5, 0.6) is 0 Å². The molecule has 0 saturated carbocycles. The standard InChI is InChI=1S/C15H19FN2O3/c16-13-6-4-5-12(11-13)8-10-18-15(21)17-9-3-1-2-7-14(19)20/h4-6,8,10-11H,1-3,7,9H2,(H,19,20)(H2,17,18,21)/b10-8+. The van der Waals surface area contributed by atoms with Gasteiger partial charge in [0, 0.05) is 19.2 Å². The van der Waals surface area contributed by atoms with Crippen LogP contribution in [0.25, 0.3) is 6.08 Å². The van der Waals surface area contributed by atoms with Crippen LogP contribution in [0.3, 0.4) is 0 Å². The van der Waals surface area contributed by atoms with E-state index in [1.807, 2.05) is 0 Å². The Morgan fingerprint density at radius 2 is 2.05 bits per heavy atom. The fraction of sp³-hybridized carbons (Fsp3) is 0.333. The number of rotatable bonds is 8. The smallest absolute Gasteiger partial charge is 0.318 e. The molecule has 0 bridgehead atoms. The van der Waals surface area contributed by atoms with Crippen LogP contribution in [0.4, 0.5) is 9.18 Å². The molecule has 1 aromatic rings. The predicted octanol–water partition coefficient (Wildman–Crippen LogP) is 2.74. The lowest BCUT2D eigenvalue weighted by Gasteiger charge is -2.04. The molecule has 0 unspecified atom stereocenters. The van der Waals surface area contributed by atoms with Crippen LogP contribution in [0, 0.1) is 5.82 Å². The number of carbonyl (C=O) groups excluding carboxylic acids is 1. The van der Waals surface area contributed by atoms with Gasteiger partial charge in [0.05, 0.1) is 0 Å². The van der Waals surface area contributed by atoms with Crippen LogP contribution in [-0.4, -0.2) is 23.7 Å². The van der Waals surface area contributed by atoms with E-state index in [1.54, 1.807) is 18.2 Å². The second kappa shape index (κ2) is 9.52. The number of hydrogen-bond acceptors (Lipinski definition) is 2. The zero-order valence-corrected chi connectivity index (χ0v) is 11.6. The maximum Gasteiger partial charge on any atom is 0.318 e. The van der Waals surface area contributed by atoms with Crippen molar-refractivity contribution in [1.82, 2.24) is 10.6 Å². The second-order valence-electron chi connectivity index (χ2n) is 4.49. The van der Waals surface area contributed by atoms with Gasteiger partial charge in [0.25, 0.3) is 0 Å². The Morgan fingerprint density at radius 1 is 1.24 bits per heavy atom. The molecule has 21 heavy (non-hydrogen) atoms. The molecule has 0 aliphatic rings. The largest absolute Gasteiger partial charge is 0.481 e. The van der Waals surface area contributed by atoms with Crippen molar-refractivity contribution >= 4 is 18.1 Å². The number of benzene rings is 1. The van der Waals surface area contributed by atoms with Crippen LogP contribution in [0.15, 0.2) is 30.5 Å². The number of carboxylic acids is 1. The van der Waals surface area contributed by atoms with E-state index < -0.39 is 5.97 Å². The van der Waals surface area contributed by atoms with Crippen LogP contribution >= 0.6 is 0 Å². The number of aliphatic carboxylic acids is 1. The van der Waals surface area contributed by atoms with Gasteiger partial charge in [-0.05, 0) is 36.6 Å². The Kier molecular flexibility index (Phi) is 7.56. The molecule has 5 nitrogen and oxygen atoms in total. The monoisotopic (exact) mass is 294 g/mol. The molecular weight excluding hydrogens is 275 g/mol. The highest BCUT2D eigenvalue weighted by molar-refractivity contribution is 5.75. The summed E-state index contributed by atoms with van der Waals surface area (Å²) >= 11 is 0. The number of carbonyl (C=O) groups is 2. The maximum absolute atomic E-state index is 12.9. The average Bonchev–Trinajstić information content (AvgIpc) is 2.42. The lowest BCUT2D eigenvalue weighted by Crippen LogP contribution is -2.32. The summed E-state index contributed by atoms with van der Waals surface area (Å²) in [7, 11) is 0. The van der Waals surface area contributed by atoms with Gasteiger partial charge in [-0.2, -0.15) is 0 Å². The third-order valence-electron chi connectivity index (χ3n) is 2.69. The zero-order valence-electron chi connectivity index (χ0n) is 11.6. The molecule has 0 aromatic heterocycles. The van der Waals surface area contributed by atoms with Gasteiger partial charge in [-0.3, -0.25) is 4.79 Å². The van der Waals surface area contributed by atoms with Gasteiger partial charge in [0.2, 0.25) is 0 Å². The highest BCUT2D eigenvalue weighted by Gasteiger charge is 1.98. The van der Waals surface area contributed by atoms with Gasteiger partial charge in [-0.15, -0.1) is 0 Å². The molecule has 0 heterocycles. The first-order valence-corrected chi connectivity index (χ1v) is 6.76. The van der Waals surface area contributed by atoms with Gasteiger partial charge < -0.3 is 15.7 Å². The van der Waals surface area contributed by atoms with E-state index in [-0.39, 0.29) is 18.3 Å². The number of carboxylic acid groups (broad SMARTS) is 1. The molecule has 0 aliphatic carbocycles. The average molecular weight is 294 g/mol. The number of halogens is 1. The lowest BCUT2D eigenvalue weighted by molar-refractivity contribution is -0.137. The van der Waals surface area contributed by atoms with Crippen molar-refractivity contribution in [1.29, 1.82) is 0 Å². The number of unbranched alkanes of at least 4 members (excludes halogenated alkanes) is 2. The Bertz CT molecular complexity index is 503. The third-order valence-corrected chi connectivity index (χ3v) is 2.69. The molecule has 114 valence electrons. The van der Waals surface area contributed by atoms with Crippen molar-refractivity contribution in [3.05, 3.63) is 41.8 Å². The summed E-state index contributed by atoms with van der Waals surface area (Å²) in [5, 5.41) is 13.6. The van der Waals surface area contributed by atoms with Crippen LogP contribution in [-0.2, 0) is 4.79 Å². The summed E-state index contributed by atoms with van der Waals surface area (Å²) in [5.41, 5.74) is 0.656. The second-order valence-corrected chi connectivity index (χ2v) is 4.49. The molecular formula is C15H19FN2O3. The summed E-state index contributed by atoms with van der Waals surface area (Å²) in [6, 6.07) is 5.68. The molecule has 2 amide bonds. The minimum absolute atomic E-state index is 0.155. The lowest BCUT2D eigenvalue weighted by atomic mass is 10.2. The van der Waals surface area contributed by atoms with Gasteiger partial charge >= 0.3 is 12.0 Å². The summed E-state index contributed by atoms with van der Waals surface area (Å²) in [6.45, 7) is 0.485. The minimum atomic E-state index is -0.803. The van der Waals surface area contributed by atoms with E-state index in [4.69, 9.17) is 5.11 Å². The van der Waals surface area contributed by atoms with E-state index in [2.05, 4.69) is 10.6 Å². The molecule has 0 spiro atoms. The number of amides is 2. The van der Waals surface area contributed by atoms with E-state index in [1.165, 1.54) is 18.3 Å². The van der Waals surface area contributed by atoms with E-state index in [0.717, 1.165) is 12.8 Å². The normalized spacial score (nSPS) is 10.5. The predicted molar refractivity (Wildman–Crippen MR) is 78.1 cm³/mol. The van der Waals surface area contributed by atoms with Gasteiger partial charge in [-0.25, -0.2) is 9.18 Å². The van der Waals surface area contributed by atoms with Gasteiger partial charge in [0.1, 0.15) is 5.82 Å². The highest BCUT2D eigenvalue weighted by atomic mass is 19.1. The molecule has 1 aromatic carbocycles. The van der Waals surface area contributed by atoms with Crippen molar-refractivity contribution < 1.29 is 19.1 Å².